The Morgan fingerprint density at radius 3 is 2.67 bits per heavy atom. The summed E-state index contributed by atoms with van der Waals surface area (Å²) in [5.74, 6) is 0.938. The van der Waals surface area contributed by atoms with Gasteiger partial charge in [0.1, 0.15) is 5.75 Å². The van der Waals surface area contributed by atoms with Gasteiger partial charge >= 0.3 is 0 Å². The molecule has 0 saturated carbocycles. The van der Waals surface area contributed by atoms with Gasteiger partial charge in [-0.1, -0.05) is 24.3 Å². The molecule has 0 aliphatic rings. The maximum absolute atomic E-state index is 5.23. The van der Waals surface area contributed by atoms with Crippen LogP contribution < -0.4 is 4.74 Å². The second kappa shape index (κ2) is 3.96. The van der Waals surface area contributed by atoms with Crippen LogP contribution in [0.15, 0.2) is 24.3 Å². The summed E-state index contributed by atoms with van der Waals surface area (Å²) in [4.78, 5) is 0. The number of rotatable bonds is 2. The Bertz CT molecular complexity index is 287. The minimum Gasteiger partial charge on any atom is -0.496 e. The fourth-order valence-electron chi connectivity index (χ4n) is 1.21. The largest absolute Gasteiger partial charge is 0.496 e. The van der Waals surface area contributed by atoms with E-state index in [2.05, 4.69) is 19.1 Å². The molecule has 0 unspecified atom stereocenters. The van der Waals surface area contributed by atoms with E-state index in [0.717, 1.165) is 5.75 Å². The number of benzene rings is 1. The lowest BCUT2D eigenvalue weighted by Crippen LogP contribution is -1.88. The standard InChI is InChI=1S/C11H14O/c1-4-6-10-9(2)7-5-8-11(10)12-3/h4-8H,1-3H3. The summed E-state index contributed by atoms with van der Waals surface area (Å²) in [5, 5.41) is 0. The molecule has 0 heterocycles. The monoisotopic (exact) mass is 162 g/mol. The first kappa shape index (κ1) is 8.85. The Labute approximate surface area is 73.7 Å². The van der Waals surface area contributed by atoms with E-state index in [4.69, 9.17) is 4.74 Å². The summed E-state index contributed by atoms with van der Waals surface area (Å²) in [6.45, 7) is 4.09. The van der Waals surface area contributed by atoms with Gasteiger partial charge in [0, 0.05) is 5.56 Å². The van der Waals surface area contributed by atoms with Crippen LogP contribution in [0, 0.1) is 6.92 Å². The first-order chi connectivity index (χ1) is 5.79. The SMILES string of the molecule is CC=Cc1c(C)cccc1OC. The van der Waals surface area contributed by atoms with Crippen molar-refractivity contribution in [1.29, 1.82) is 0 Å². The van der Waals surface area contributed by atoms with E-state index in [1.165, 1.54) is 11.1 Å². The molecule has 0 aromatic heterocycles. The van der Waals surface area contributed by atoms with Gasteiger partial charge in [-0.3, -0.25) is 0 Å². The molecule has 0 radical (unpaired) electrons. The van der Waals surface area contributed by atoms with Gasteiger partial charge in [0.25, 0.3) is 0 Å². The zero-order valence-electron chi connectivity index (χ0n) is 7.79. The van der Waals surface area contributed by atoms with Gasteiger partial charge in [0.15, 0.2) is 0 Å². The number of ether oxygens (including phenoxy) is 1. The maximum Gasteiger partial charge on any atom is 0.126 e. The van der Waals surface area contributed by atoms with E-state index >= 15 is 0 Å². The van der Waals surface area contributed by atoms with Crippen molar-refractivity contribution >= 4 is 6.08 Å². The Hall–Kier alpha value is -1.24. The van der Waals surface area contributed by atoms with Crippen molar-refractivity contribution in [2.75, 3.05) is 7.11 Å². The smallest absolute Gasteiger partial charge is 0.126 e. The van der Waals surface area contributed by atoms with Crippen LogP contribution in [0.2, 0.25) is 0 Å². The molecule has 0 atom stereocenters. The van der Waals surface area contributed by atoms with Crippen molar-refractivity contribution in [3.63, 3.8) is 0 Å². The van der Waals surface area contributed by atoms with Crippen LogP contribution in [0.25, 0.3) is 6.08 Å². The van der Waals surface area contributed by atoms with Crippen LogP contribution in [-0.4, -0.2) is 7.11 Å². The lowest BCUT2D eigenvalue weighted by molar-refractivity contribution is 0.413. The van der Waals surface area contributed by atoms with Crippen molar-refractivity contribution in [2.24, 2.45) is 0 Å². The molecule has 1 heteroatoms. The van der Waals surface area contributed by atoms with Crippen molar-refractivity contribution in [1.82, 2.24) is 0 Å². The molecular formula is C11H14O. The maximum atomic E-state index is 5.23. The summed E-state index contributed by atoms with van der Waals surface area (Å²) in [5.41, 5.74) is 2.41. The van der Waals surface area contributed by atoms with Crippen LogP contribution in [0.1, 0.15) is 18.1 Å². The molecule has 0 bridgehead atoms. The van der Waals surface area contributed by atoms with Gasteiger partial charge in [-0.15, -0.1) is 0 Å². The van der Waals surface area contributed by atoms with E-state index in [9.17, 15) is 0 Å². The predicted molar refractivity (Wildman–Crippen MR) is 52.4 cm³/mol. The summed E-state index contributed by atoms with van der Waals surface area (Å²) in [6.07, 6.45) is 4.08. The number of hydrogen-bond donors (Lipinski definition) is 0. The van der Waals surface area contributed by atoms with Gasteiger partial charge in [-0.2, -0.15) is 0 Å². The molecule has 0 N–H and O–H groups in total. The molecule has 0 saturated heterocycles. The van der Waals surface area contributed by atoms with Crippen LogP contribution in [-0.2, 0) is 0 Å². The molecule has 0 fully saturated rings. The lowest BCUT2D eigenvalue weighted by Gasteiger charge is -2.06. The predicted octanol–water partition coefficient (Wildman–Crippen LogP) is 3.04. The van der Waals surface area contributed by atoms with Gasteiger partial charge in [0.2, 0.25) is 0 Å². The van der Waals surface area contributed by atoms with Crippen molar-refractivity contribution in [2.45, 2.75) is 13.8 Å². The van der Waals surface area contributed by atoms with E-state index in [-0.39, 0.29) is 0 Å². The highest BCUT2D eigenvalue weighted by molar-refractivity contribution is 5.60. The molecule has 0 aliphatic heterocycles. The Morgan fingerprint density at radius 1 is 1.33 bits per heavy atom. The third-order valence-corrected chi connectivity index (χ3v) is 1.84. The first-order valence-electron chi connectivity index (χ1n) is 4.06. The molecule has 0 aliphatic carbocycles. The highest BCUT2D eigenvalue weighted by Crippen LogP contribution is 2.22. The Kier molecular flexibility index (Phi) is 2.92. The summed E-state index contributed by atoms with van der Waals surface area (Å²) in [7, 11) is 1.70. The highest BCUT2D eigenvalue weighted by Gasteiger charge is 2.00. The third-order valence-electron chi connectivity index (χ3n) is 1.84. The summed E-state index contributed by atoms with van der Waals surface area (Å²) < 4.78 is 5.23. The molecule has 64 valence electrons. The van der Waals surface area contributed by atoms with Crippen LogP contribution in [0.4, 0.5) is 0 Å². The summed E-state index contributed by atoms with van der Waals surface area (Å²) >= 11 is 0. The number of hydrogen-bond acceptors (Lipinski definition) is 1. The quantitative estimate of drug-likeness (QED) is 0.649. The fraction of sp³-hybridized carbons (Fsp3) is 0.273. The molecule has 1 aromatic carbocycles. The third kappa shape index (κ3) is 1.67. The second-order valence-corrected chi connectivity index (χ2v) is 2.69. The minimum absolute atomic E-state index is 0.938. The lowest BCUT2D eigenvalue weighted by atomic mass is 10.1. The van der Waals surface area contributed by atoms with Crippen LogP contribution >= 0.6 is 0 Å². The molecule has 0 spiro atoms. The number of methoxy groups -OCH3 is 1. The van der Waals surface area contributed by atoms with E-state index in [1.54, 1.807) is 7.11 Å². The summed E-state index contributed by atoms with van der Waals surface area (Å²) in [6, 6.07) is 6.06. The zero-order valence-corrected chi connectivity index (χ0v) is 7.79. The molecule has 0 amide bonds. The Balaban J connectivity index is 3.19. The fourth-order valence-corrected chi connectivity index (χ4v) is 1.21. The molecule has 1 nitrogen and oxygen atoms in total. The van der Waals surface area contributed by atoms with E-state index in [0.29, 0.717) is 0 Å². The van der Waals surface area contributed by atoms with Crippen LogP contribution in [0.5, 0.6) is 5.75 Å². The Morgan fingerprint density at radius 2 is 2.08 bits per heavy atom. The first-order valence-corrected chi connectivity index (χ1v) is 4.06. The van der Waals surface area contributed by atoms with E-state index < -0.39 is 0 Å². The topological polar surface area (TPSA) is 9.23 Å². The van der Waals surface area contributed by atoms with Gasteiger partial charge in [0.05, 0.1) is 7.11 Å². The van der Waals surface area contributed by atoms with Crippen LogP contribution in [0.3, 0.4) is 0 Å². The average Bonchev–Trinajstić information content (AvgIpc) is 2.09. The minimum atomic E-state index is 0.938. The van der Waals surface area contributed by atoms with E-state index in [1.807, 2.05) is 25.1 Å². The van der Waals surface area contributed by atoms with Gasteiger partial charge < -0.3 is 4.74 Å². The van der Waals surface area contributed by atoms with Gasteiger partial charge in [-0.25, -0.2) is 0 Å². The van der Waals surface area contributed by atoms with Crippen molar-refractivity contribution in [3.8, 4) is 5.75 Å². The normalized spacial score (nSPS) is 10.6. The second-order valence-electron chi connectivity index (χ2n) is 2.69. The average molecular weight is 162 g/mol. The zero-order chi connectivity index (χ0) is 8.97. The molecule has 12 heavy (non-hydrogen) atoms. The number of allylic oxidation sites excluding steroid dienone is 1. The molecule has 1 aromatic rings. The molecule has 1 rings (SSSR count). The van der Waals surface area contributed by atoms with Gasteiger partial charge in [-0.05, 0) is 25.5 Å². The highest BCUT2D eigenvalue weighted by atomic mass is 16.5. The van der Waals surface area contributed by atoms with Crippen molar-refractivity contribution in [3.05, 3.63) is 35.4 Å². The molecular weight excluding hydrogens is 148 g/mol. The number of aryl methyl sites for hydroxylation is 1. The van der Waals surface area contributed by atoms with Crippen molar-refractivity contribution < 1.29 is 4.74 Å².